The van der Waals surface area contributed by atoms with E-state index < -0.39 is 0 Å². The Morgan fingerprint density at radius 1 is 0.311 bits per heavy atom. The number of hydrogen-bond acceptors (Lipinski definition) is 1. The van der Waals surface area contributed by atoms with Gasteiger partial charge in [0.1, 0.15) is 0 Å². The second-order valence-corrected chi connectivity index (χ2v) is 16.0. The molecule has 0 radical (unpaired) electrons. The number of fused-ring (bicyclic) bond motifs is 3. The first-order chi connectivity index (χ1) is 30.2. The Bertz CT molecular complexity index is 3210. The van der Waals surface area contributed by atoms with Crippen molar-refractivity contribution in [3.63, 3.8) is 0 Å². The molecule has 1 aliphatic carbocycles. The minimum atomic E-state index is 1.10. The van der Waals surface area contributed by atoms with Crippen LogP contribution < -0.4 is 4.90 Å². The highest BCUT2D eigenvalue weighted by Gasteiger charge is 2.17. The van der Waals surface area contributed by atoms with Crippen molar-refractivity contribution in [2.24, 2.45) is 0 Å². The van der Waals surface area contributed by atoms with E-state index in [4.69, 9.17) is 0 Å². The van der Waals surface area contributed by atoms with Crippen molar-refractivity contribution in [3.05, 3.63) is 242 Å². The predicted molar refractivity (Wildman–Crippen MR) is 261 cm³/mol. The lowest BCUT2D eigenvalue weighted by Crippen LogP contribution is -2.09. The van der Waals surface area contributed by atoms with Gasteiger partial charge in [0.25, 0.3) is 0 Å². The molecule has 0 atom stereocenters. The number of allylic oxidation sites excluding steroid dienone is 1. The highest BCUT2D eigenvalue weighted by molar-refractivity contribution is 5.99. The molecule has 0 spiro atoms. The first-order valence-electron chi connectivity index (χ1n) is 21.3. The maximum Gasteiger partial charge on any atom is 0.0462 e. The predicted octanol–water partition coefficient (Wildman–Crippen LogP) is 16.8. The highest BCUT2D eigenvalue weighted by atomic mass is 15.1. The molecule has 0 heterocycles. The second kappa shape index (κ2) is 15.8. The van der Waals surface area contributed by atoms with Gasteiger partial charge in [-0.15, -0.1) is 0 Å². The number of nitrogens with zero attached hydrogens (tertiary/aromatic N) is 1. The summed E-state index contributed by atoms with van der Waals surface area (Å²) >= 11 is 0. The summed E-state index contributed by atoms with van der Waals surface area (Å²) in [6, 6.07) is 82.3. The summed E-state index contributed by atoms with van der Waals surface area (Å²) in [7, 11) is 0. The van der Waals surface area contributed by atoms with Crippen molar-refractivity contribution in [2.75, 3.05) is 4.90 Å². The monoisotopic (exact) mass is 777 g/mol. The Balaban J connectivity index is 0.994. The molecule has 1 nitrogen and oxygen atoms in total. The Labute approximate surface area is 358 Å². The molecule has 0 saturated carbocycles. The van der Waals surface area contributed by atoms with Crippen LogP contribution in [-0.4, -0.2) is 0 Å². The van der Waals surface area contributed by atoms with E-state index >= 15 is 0 Å². The molecule has 0 bridgehead atoms. The highest BCUT2D eigenvalue weighted by Crippen LogP contribution is 2.41. The van der Waals surface area contributed by atoms with Gasteiger partial charge in [-0.1, -0.05) is 182 Å². The molecule has 0 amide bonds. The minimum Gasteiger partial charge on any atom is -0.311 e. The molecule has 0 saturated heterocycles. The Kier molecular flexibility index (Phi) is 9.41. The molecule has 0 aromatic heterocycles. The smallest absolute Gasteiger partial charge is 0.0462 e. The van der Waals surface area contributed by atoms with E-state index in [0.717, 1.165) is 29.9 Å². The third-order valence-electron chi connectivity index (χ3n) is 12.3. The van der Waals surface area contributed by atoms with E-state index in [2.05, 4.69) is 242 Å². The Morgan fingerprint density at radius 2 is 0.869 bits per heavy atom. The fourth-order valence-corrected chi connectivity index (χ4v) is 9.12. The van der Waals surface area contributed by atoms with E-state index in [0.29, 0.717) is 0 Å². The van der Waals surface area contributed by atoms with Gasteiger partial charge in [-0.3, -0.25) is 0 Å². The van der Waals surface area contributed by atoms with Crippen LogP contribution in [0.15, 0.2) is 231 Å². The molecule has 0 unspecified atom stereocenters. The van der Waals surface area contributed by atoms with Crippen LogP contribution in [0.4, 0.5) is 17.1 Å². The van der Waals surface area contributed by atoms with Gasteiger partial charge in [-0.25, -0.2) is 0 Å². The summed E-state index contributed by atoms with van der Waals surface area (Å²) in [6.07, 6.45) is 6.79. The van der Waals surface area contributed by atoms with Crippen molar-refractivity contribution in [1.82, 2.24) is 0 Å². The molecule has 10 aromatic rings. The van der Waals surface area contributed by atoms with Crippen molar-refractivity contribution >= 4 is 44.7 Å². The van der Waals surface area contributed by atoms with Crippen LogP contribution in [0, 0.1) is 0 Å². The lowest BCUT2D eigenvalue weighted by Gasteiger charge is -2.26. The normalized spacial score (nSPS) is 12.1. The first-order valence-corrected chi connectivity index (χ1v) is 21.3. The largest absolute Gasteiger partial charge is 0.311 e. The molecule has 1 aliphatic rings. The van der Waals surface area contributed by atoms with Crippen molar-refractivity contribution < 1.29 is 0 Å². The van der Waals surface area contributed by atoms with Gasteiger partial charge in [0.15, 0.2) is 0 Å². The van der Waals surface area contributed by atoms with Gasteiger partial charge in [-0.2, -0.15) is 0 Å². The van der Waals surface area contributed by atoms with Crippen LogP contribution in [-0.2, 0) is 6.42 Å². The number of aryl methyl sites for hydroxylation is 1. The standard InChI is InChI=1S/C60H43N/c1-2-13-46(14-3-1)59-38-31-53(58-20-10-18-47-15-8-9-19-57(47)58)41-60(59)48-29-36-56(37-30-48)61(54-32-25-44(26-33-54)51-23-21-42-11-4-6-16-49(42)39-51)55-34-27-45(28-35-55)52-24-22-43-12-5-7-17-50(43)40-52/h1-4,6-11,13-41H,5,12H2. The Hall–Kier alpha value is -7.74. The van der Waals surface area contributed by atoms with E-state index in [-0.39, 0.29) is 0 Å². The van der Waals surface area contributed by atoms with Crippen LogP contribution in [0.5, 0.6) is 0 Å². The lowest BCUT2D eigenvalue weighted by molar-refractivity contribution is 0.986. The minimum absolute atomic E-state index is 1.10. The molecule has 61 heavy (non-hydrogen) atoms. The van der Waals surface area contributed by atoms with E-state index in [1.807, 2.05) is 0 Å². The van der Waals surface area contributed by atoms with Gasteiger partial charge in [0, 0.05) is 17.1 Å². The molecule has 0 N–H and O–H groups in total. The van der Waals surface area contributed by atoms with Gasteiger partial charge in [0.2, 0.25) is 0 Å². The summed E-state index contributed by atoms with van der Waals surface area (Å²) in [5.74, 6) is 0. The average molecular weight is 778 g/mol. The number of anilines is 3. The summed E-state index contributed by atoms with van der Waals surface area (Å²) in [5, 5.41) is 5.01. The van der Waals surface area contributed by atoms with Crippen LogP contribution in [0.25, 0.3) is 83.3 Å². The van der Waals surface area contributed by atoms with Gasteiger partial charge in [-0.05, 0) is 156 Å². The van der Waals surface area contributed by atoms with E-state index in [1.165, 1.54) is 88.3 Å². The maximum atomic E-state index is 2.37. The molecular weight excluding hydrogens is 735 g/mol. The fraction of sp³-hybridized carbons (Fsp3) is 0.0333. The SMILES string of the molecule is C1=Cc2cc(-c3ccc(N(c4ccc(-c5ccc6ccccc6c5)cc4)c4ccc(-c5cc(-c6cccc7ccccc67)ccc5-c5ccccc5)cc4)cc3)ccc2CC1. The average Bonchev–Trinajstić information content (AvgIpc) is 3.34. The van der Waals surface area contributed by atoms with Gasteiger partial charge in [0.05, 0.1) is 0 Å². The molecule has 11 rings (SSSR count). The van der Waals surface area contributed by atoms with Crippen molar-refractivity contribution in [1.29, 1.82) is 0 Å². The number of hydrogen-bond donors (Lipinski definition) is 0. The quantitative estimate of drug-likeness (QED) is 0.149. The van der Waals surface area contributed by atoms with Gasteiger partial charge >= 0.3 is 0 Å². The lowest BCUT2D eigenvalue weighted by atomic mass is 9.89. The molecule has 0 fully saturated rings. The molecule has 1 heteroatoms. The Morgan fingerprint density at radius 3 is 1.61 bits per heavy atom. The topological polar surface area (TPSA) is 3.24 Å². The van der Waals surface area contributed by atoms with Crippen LogP contribution in [0.1, 0.15) is 17.5 Å². The first kappa shape index (κ1) is 36.3. The third-order valence-corrected chi connectivity index (χ3v) is 12.3. The third kappa shape index (κ3) is 7.11. The molecule has 0 aliphatic heterocycles. The zero-order valence-corrected chi connectivity index (χ0v) is 33.9. The maximum absolute atomic E-state index is 2.37. The second-order valence-electron chi connectivity index (χ2n) is 16.0. The van der Waals surface area contributed by atoms with Crippen LogP contribution in [0.3, 0.4) is 0 Å². The molecule has 288 valence electrons. The number of rotatable bonds is 8. The summed E-state index contributed by atoms with van der Waals surface area (Å²) < 4.78 is 0. The van der Waals surface area contributed by atoms with Crippen LogP contribution >= 0.6 is 0 Å². The van der Waals surface area contributed by atoms with Gasteiger partial charge < -0.3 is 4.90 Å². The van der Waals surface area contributed by atoms with Crippen molar-refractivity contribution in [3.8, 4) is 55.6 Å². The molecule has 10 aromatic carbocycles. The van der Waals surface area contributed by atoms with E-state index in [1.54, 1.807) is 0 Å². The van der Waals surface area contributed by atoms with E-state index in [9.17, 15) is 0 Å². The summed E-state index contributed by atoms with van der Waals surface area (Å²) in [4.78, 5) is 2.37. The fourth-order valence-electron chi connectivity index (χ4n) is 9.12. The zero-order valence-electron chi connectivity index (χ0n) is 33.9. The van der Waals surface area contributed by atoms with Crippen molar-refractivity contribution in [2.45, 2.75) is 12.8 Å². The number of benzene rings is 10. The molecular formula is C60H43N. The van der Waals surface area contributed by atoms with Crippen LogP contribution in [0.2, 0.25) is 0 Å². The summed E-state index contributed by atoms with van der Waals surface area (Å²) in [5.41, 5.74) is 18.2. The zero-order chi connectivity index (χ0) is 40.5. The summed E-state index contributed by atoms with van der Waals surface area (Å²) in [6.45, 7) is 0.